The summed E-state index contributed by atoms with van der Waals surface area (Å²) in [4.78, 5) is 26.3. The highest BCUT2D eigenvalue weighted by atomic mass is 32.1. The van der Waals surface area contributed by atoms with E-state index in [-0.39, 0.29) is 10.7 Å². The summed E-state index contributed by atoms with van der Waals surface area (Å²) in [5.41, 5.74) is 0.808. The maximum Gasteiger partial charge on any atom is 0.270 e. The van der Waals surface area contributed by atoms with Gasteiger partial charge in [-0.25, -0.2) is 4.39 Å². The number of methoxy groups -OCH3 is 2. The van der Waals surface area contributed by atoms with Gasteiger partial charge in [-0.1, -0.05) is 6.07 Å². The molecule has 138 valence electrons. The number of hydrogen-bond donors (Lipinski definition) is 1. The number of benzene rings is 2. The summed E-state index contributed by atoms with van der Waals surface area (Å²) in [5.74, 6) is -0.683. The minimum atomic E-state index is -0.613. The van der Waals surface area contributed by atoms with Crippen molar-refractivity contribution in [3.05, 3.63) is 59.4 Å². The Kier molecular flexibility index (Phi) is 5.18. The molecule has 0 bridgehead atoms. The van der Waals surface area contributed by atoms with Crippen molar-refractivity contribution in [2.45, 2.75) is 0 Å². The fourth-order valence-corrected chi connectivity index (χ4v) is 2.87. The largest absolute Gasteiger partial charge is 0.493 e. The summed E-state index contributed by atoms with van der Waals surface area (Å²) in [5, 5.41) is 2.41. The predicted octanol–water partition coefficient (Wildman–Crippen LogP) is 2.67. The highest BCUT2D eigenvalue weighted by molar-refractivity contribution is 7.80. The first-order chi connectivity index (χ1) is 12.9. The SMILES string of the molecule is COc1ccc(/C=C2\C(=O)NC(=S)N(c3ccc(F)cc3)C2=O)cc1OC. The lowest BCUT2D eigenvalue weighted by atomic mass is 10.1. The Bertz CT molecular complexity index is 957. The molecule has 2 amide bonds. The van der Waals surface area contributed by atoms with Gasteiger partial charge in [0.1, 0.15) is 11.4 Å². The molecule has 1 saturated heterocycles. The lowest BCUT2D eigenvalue weighted by molar-refractivity contribution is -0.122. The van der Waals surface area contributed by atoms with Gasteiger partial charge in [-0.15, -0.1) is 0 Å². The van der Waals surface area contributed by atoms with Crippen molar-refractivity contribution in [3.8, 4) is 11.5 Å². The number of halogens is 1. The Labute approximate surface area is 160 Å². The van der Waals surface area contributed by atoms with Crippen LogP contribution in [0.2, 0.25) is 0 Å². The molecule has 27 heavy (non-hydrogen) atoms. The standard InChI is InChI=1S/C19H15FN2O4S/c1-25-15-8-3-11(10-16(15)26-2)9-14-17(23)21-19(27)22(18(14)24)13-6-4-12(20)5-7-13/h3-10H,1-2H3,(H,21,23,27)/b14-9+. The van der Waals surface area contributed by atoms with Crippen LogP contribution in [0.3, 0.4) is 0 Å². The molecule has 1 aliphatic heterocycles. The molecule has 0 radical (unpaired) electrons. The highest BCUT2D eigenvalue weighted by Gasteiger charge is 2.34. The smallest absolute Gasteiger partial charge is 0.270 e. The van der Waals surface area contributed by atoms with Gasteiger partial charge in [-0.05, 0) is 60.3 Å². The number of amides is 2. The number of carbonyl (C=O) groups is 2. The zero-order valence-corrected chi connectivity index (χ0v) is 15.3. The second kappa shape index (κ2) is 7.55. The molecular weight excluding hydrogens is 371 g/mol. The molecule has 0 atom stereocenters. The van der Waals surface area contributed by atoms with Gasteiger partial charge in [0.25, 0.3) is 11.8 Å². The van der Waals surface area contributed by atoms with Gasteiger partial charge < -0.3 is 9.47 Å². The fourth-order valence-electron chi connectivity index (χ4n) is 2.59. The van der Waals surface area contributed by atoms with Gasteiger partial charge in [0.05, 0.1) is 19.9 Å². The van der Waals surface area contributed by atoms with Gasteiger partial charge in [0.2, 0.25) is 0 Å². The highest BCUT2D eigenvalue weighted by Crippen LogP contribution is 2.29. The Morgan fingerprint density at radius 3 is 2.33 bits per heavy atom. The number of nitrogens with one attached hydrogen (secondary N) is 1. The van der Waals surface area contributed by atoms with Crippen LogP contribution < -0.4 is 19.7 Å². The maximum absolute atomic E-state index is 13.2. The van der Waals surface area contributed by atoms with Crippen LogP contribution in [0.25, 0.3) is 6.08 Å². The summed E-state index contributed by atoms with van der Waals surface area (Å²) in [6, 6.07) is 10.2. The quantitative estimate of drug-likeness (QED) is 0.497. The van der Waals surface area contributed by atoms with E-state index in [0.29, 0.717) is 22.7 Å². The van der Waals surface area contributed by atoms with Crippen LogP contribution in [-0.4, -0.2) is 31.1 Å². The summed E-state index contributed by atoms with van der Waals surface area (Å²) in [6.07, 6.45) is 1.43. The predicted molar refractivity (Wildman–Crippen MR) is 102 cm³/mol. The van der Waals surface area contributed by atoms with E-state index in [0.717, 1.165) is 4.90 Å². The minimum Gasteiger partial charge on any atom is -0.493 e. The summed E-state index contributed by atoms with van der Waals surface area (Å²) in [7, 11) is 3.00. The van der Waals surface area contributed by atoms with Gasteiger partial charge in [0.15, 0.2) is 16.6 Å². The van der Waals surface area contributed by atoms with E-state index in [2.05, 4.69) is 5.32 Å². The van der Waals surface area contributed by atoms with E-state index >= 15 is 0 Å². The van der Waals surface area contributed by atoms with E-state index in [4.69, 9.17) is 21.7 Å². The monoisotopic (exact) mass is 386 g/mol. The number of anilines is 1. The molecule has 0 unspecified atom stereocenters. The summed E-state index contributed by atoms with van der Waals surface area (Å²) >= 11 is 5.10. The first-order valence-electron chi connectivity index (χ1n) is 7.83. The van der Waals surface area contributed by atoms with Crippen LogP contribution in [-0.2, 0) is 9.59 Å². The van der Waals surface area contributed by atoms with Crippen LogP contribution in [0, 0.1) is 5.82 Å². The van der Waals surface area contributed by atoms with Gasteiger partial charge in [-0.2, -0.15) is 0 Å². The second-order valence-corrected chi connectivity index (χ2v) is 5.94. The fraction of sp³-hybridized carbons (Fsp3) is 0.105. The third-order valence-corrected chi connectivity index (χ3v) is 4.19. The van der Waals surface area contributed by atoms with E-state index < -0.39 is 17.6 Å². The molecule has 0 saturated carbocycles. The van der Waals surface area contributed by atoms with Crippen molar-refractivity contribution < 1.29 is 23.5 Å². The molecule has 6 nitrogen and oxygen atoms in total. The zero-order chi connectivity index (χ0) is 19.6. The first kappa shape index (κ1) is 18.5. The molecule has 1 heterocycles. The molecule has 0 aromatic heterocycles. The number of thiocarbonyl (C=S) groups is 1. The average molecular weight is 386 g/mol. The molecular formula is C19H15FN2O4S. The summed E-state index contributed by atoms with van der Waals surface area (Å²) in [6.45, 7) is 0. The number of hydrogen-bond acceptors (Lipinski definition) is 5. The van der Waals surface area contributed by atoms with Gasteiger partial charge in [0, 0.05) is 0 Å². The maximum atomic E-state index is 13.2. The normalized spacial score (nSPS) is 15.7. The second-order valence-electron chi connectivity index (χ2n) is 5.55. The number of ether oxygens (including phenoxy) is 2. The number of nitrogens with zero attached hydrogens (tertiary/aromatic N) is 1. The lowest BCUT2D eigenvalue weighted by Crippen LogP contribution is -2.54. The van der Waals surface area contributed by atoms with Crippen LogP contribution in [0.15, 0.2) is 48.0 Å². The van der Waals surface area contributed by atoms with Crippen LogP contribution in [0.4, 0.5) is 10.1 Å². The van der Waals surface area contributed by atoms with E-state index in [9.17, 15) is 14.0 Å². The van der Waals surface area contributed by atoms with E-state index in [1.165, 1.54) is 44.6 Å². The van der Waals surface area contributed by atoms with Gasteiger partial charge >= 0.3 is 0 Å². The Hall–Kier alpha value is -3.26. The molecule has 3 rings (SSSR count). The van der Waals surface area contributed by atoms with Crippen molar-refractivity contribution in [1.82, 2.24) is 5.32 Å². The van der Waals surface area contributed by atoms with Crippen LogP contribution >= 0.6 is 12.2 Å². The number of rotatable bonds is 4. The third kappa shape index (κ3) is 3.65. The van der Waals surface area contributed by atoms with Crippen molar-refractivity contribution in [2.75, 3.05) is 19.1 Å². The molecule has 1 N–H and O–H groups in total. The third-order valence-electron chi connectivity index (χ3n) is 3.91. The molecule has 0 spiro atoms. The Morgan fingerprint density at radius 2 is 1.70 bits per heavy atom. The van der Waals surface area contributed by atoms with E-state index in [1.807, 2.05) is 0 Å². The Balaban J connectivity index is 2.00. The van der Waals surface area contributed by atoms with Crippen molar-refractivity contribution in [2.24, 2.45) is 0 Å². The van der Waals surface area contributed by atoms with Crippen molar-refractivity contribution in [1.29, 1.82) is 0 Å². The molecule has 1 aliphatic rings. The molecule has 1 fully saturated rings. The minimum absolute atomic E-state index is 0.0685. The summed E-state index contributed by atoms with van der Waals surface area (Å²) < 4.78 is 23.6. The van der Waals surface area contributed by atoms with Gasteiger partial charge in [-0.3, -0.25) is 19.8 Å². The lowest BCUT2D eigenvalue weighted by Gasteiger charge is -2.28. The van der Waals surface area contributed by atoms with Crippen LogP contribution in [0.1, 0.15) is 5.56 Å². The molecule has 2 aromatic carbocycles. The molecule has 2 aromatic rings. The zero-order valence-electron chi connectivity index (χ0n) is 14.5. The average Bonchev–Trinajstić information content (AvgIpc) is 2.66. The number of carbonyl (C=O) groups excluding carboxylic acids is 2. The van der Waals surface area contributed by atoms with Crippen LogP contribution in [0.5, 0.6) is 11.5 Å². The first-order valence-corrected chi connectivity index (χ1v) is 8.24. The Morgan fingerprint density at radius 1 is 1.04 bits per heavy atom. The molecule has 8 heteroatoms. The van der Waals surface area contributed by atoms with Crippen molar-refractivity contribution in [3.63, 3.8) is 0 Å². The van der Waals surface area contributed by atoms with E-state index in [1.54, 1.807) is 18.2 Å². The van der Waals surface area contributed by atoms with Crippen molar-refractivity contribution >= 4 is 40.9 Å². The topological polar surface area (TPSA) is 67.9 Å². The molecule has 0 aliphatic carbocycles.